The number of rotatable bonds is 9. The lowest BCUT2D eigenvalue weighted by Crippen LogP contribution is -2.27. The Labute approximate surface area is 261 Å². The molecule has 0 aromatic heterocycles. The van der Waals surface area contributed by atoms with E-state index < -0.39 is 23.3 Å². The molecule has 0 aliphatic rings. The minimum Gasteiger partial charge on any atom is -0.423 e. The molecule has 0 spiro atoms. The first-order valence-corrected chi connectivity index (χ1v) is 14.1. The predicted molar refractivity (Wildman–Crippen MR) is 173 cm³/mol. The molecule has 4 aromatic rings. The van der Waals surface area contributed by atoms with Gasteiger partial charge in [0.1, 0.15) is 11.5 Å². The molecule has 2 N–H and O–H groups in total. The van der Waals surface area contributed by atoms with Crippen molar-refractivity contribution < 1.29 is 28.7 Å². The first kappa shape index (κ1) is 32.1. The zero-order valence-corrected chi connectivity index (χ0v) is 25.4. The molecular weight excluding hydrogens is 570 g/mol. The molecule has 2 amide bonds. The van der Waals surface area contributed by atoms with Gasteiger partial charge in [-0.25, -0.2) is 15.0 Å². The summed E-state index contributed by atoms with van der Waals surface area (Å²) in [6, 6.07) is 27.0. The number of hydrazone groups is 1. The van der Waals surface area contributed by atoms with Crippen molar-refractivity contribution in [2.75, 3.05) is 5.32 Å². The molecule has 0 unspecified atom stereocenters. The summed E-state index contributed by atoms with van der Waals surface area (Å²) in [5, 5.41) is 6.80. The number of carbonyl (C=O) groups is 4. The third kappa shape index (κ3) is 9.33. The van der Waals surface area contributed by atoms with Gasteiger partial charge in [-0.3, -0.25) is 9.59 Å². The van der Waals surface area contributed by atoms with E-state index in [0.29, 0.717) is 33.7 Å². The smallest absolute Gasteiger partial charge is 0.343 e. The lowest BCUT2D eigenvalue weighted by Gasteiger charge is -2.17. The summed E-state index contributed by atoms with van der Waals surface area (Å²) in [4.78, 5) is 50.0. The van der Waals surface area contributed by atoms with Crippen molar-refractivity contribution >= 4 is 41.7 Å². The Morgan fingerprint density at radius 1 is 0.733 bits per heavy atom. The number of ether oxygens (including phenoxy) is 2. The van der Waals surface area contributed by atoms with Crippen molar-refractivity contribution in [3.05, 3.63) is 131 Å². The average Bonchev–Trinajstić information content (AvgIpc) is 3.01. The number of benzene rings is 4. The highest BCUT2D eigenvalue weighted by Crippen LogP contribution is 2.22. The minimum atomic E-state index is -0.668. The molecule has 0 saturated heterocycles. The van der Waals surface area contributed by atoms with Crippen LogP contribution in [0.5, 0.6) is 11.5 Å². The Balaban J connectivity index is 1.36. The molecule has 0 radical (unpaired) electrons. The third-order valence-electron chi connectivity index (χ3n) is 6.36. The number of anilines is 1. The van der Waals surface area contributed by atoms with Crippen LogP contribution in [0.25, 0.3) is 6.08 Å². The van der Waals surface area contributed by atoms with Gasteiger partial charge in [-0.15, -0.1) is 0 Å². The summed E-state index contributed by atoms with van der Waals surface area (Å²) in [7, 11) is 0. The van der Waals surface area contributed by atoms with Crippen molar-refractivity contribution in [1.82, 2.24) is 5.43 Å². The molecule has 0 aliphatic heterocycles. The van der Waals surface area contributed by atoms with Gasteiger partial charge >= 0.3 is 11.9 Å². The van der Waals surface area contributed by atoms with E-state index in [-0.39, 0.29) is 11.7 Å². The van der Waals surface area contributed by atoms with Crippen LogP contribution in [-0.4, -0.2) is 30.0 Å². The number of nitrogens with one attached hydrogen (secondary N) is 2. The Hall–Kier alpha value is -5.83. The molecule has 0 saturated carbocycles. The Morgan fingerprint density at radius 3 is 2.04 bits per heavy atom. The van der Waals surface area contributed by atoms with Crippen molar-refractivity contribution in [2.24, 2.45) is 10.5 Å². The Kier molecular flexibility index (Phi) is 10.4. The van der Waals surface area contributed by atoms with E-state index in [9.17, 15) is 19.2 Å². The highest BCUT2D eigenvalue weighted by atomic mass is 16.5. The van der Waals surface area contributed by atoms with Gasteiger partial charge in [0.05, 0.1) is 11.8 Å². The van der Waals surface area contributed by atoms with Gasteiger partial charge in [0, 0.05) is 33.9 Å². The molecular formula is C36H33N3O6. The first-order valence-electron chi connectivity index (χ1n) is 14.1. The number of hydrogen-bond acceptors (Lipinski definition) is 7. The van der Waals surface area contributed by atoms with Gasteiger partial charge in [-0.2, -0.15) is 5.10 Å². The fourth-order valence-corrected chi connectivity index (χ4v) is 3.87. The summed E-state index contributed by atoms with van der Waals surface area (Å²) >= 11 is 0. The third-order valence-corrected chi connectivity index (χ3v) is 6.36. The molecule has 0 bridgehead atoms. The molecule has 0 aliphatic carbocycles. The Morgan fingerprint density at radius 2 is 1.38 bits per heavy atom. The number of esters is 2. The van der Waals surface area contributed by atoms with Crippen LogP contribution < -0.4 is 20.2 Å². The van der Waals surface area contributed by atoms with E-state index in [1.54, 1.807) is 91.0 Å². The lowest BCUT2D eigenvalue weighted by molar-refractivity contribution is -0.129. The van der Waals surface area contributed by atoms with E-state index in [1.807, 2.05) is 33.8 Å². The predicted octanol–water partition coefficient (Wildman–Crippen LogP) is 6.58. The first-order chi connectivity index (χ1) is 21.5. The molecule has 0 fully saturated rings. The molecule has 4 rings (SSSR count). The zero-order valence-electron chi connectivity index (χ0n) is 25.4. The van der Waals surface area contributed by atoms with Crippen molar-refractivity contribution in [3.8, 4) is 11.5 Å². The normalized spacial score (nSPS) is 11.3. The maximum absolute atomic E-state index is 12.7. The summed E-state index contributed by atoms with van der Waals surface area (Å²) in [5.74, 6) is -1.26. The summed E-state index contributed by atoms with van der Waals surface area (Å²) in [6.45, 7) is 7.32. The molecule has 45 heavy (non-hydrogen) atoms. The lowest BCUT2D eigenvalue weighted by atomic mass is 9.95. The van der Waals surface area contributed by atoms with Gasteiger partial charge in [0.2, 0.25) is 5.91 Å². The van der Waals surface area contributed by atoms with E-state index >= 15 is 0 Å². The van der Waals surface area contributed by atoms with Crippen molar-refractivity contribution in [2.45, 2.75) is 27.7 Å². The maximum atomic E-state index is 12.7. The van der Waals surface area contributed by atoms with Crippen LogP contribution in [0.4, 0.5) is 5.69 Å². The second-order valence-corrected chi connectivity index (χ2v) is 11.1. The zero-order chi connectivity index (χ0) is 32.4. The molecule has 9 heteroatoms. The number of hydrogen-bond donors (Lipinski definition) is 2. The molecule has 228 valence electrons. The number of amides is 2. The number of aryl methyl sites for hydroxylation is 1. The van der Waals surface area contributed by atoms with Crippen molar-refractivity contribution in [3.63, 3.8) is 0 Å². The molecule has 0 heterocycles. The van der Waals surface area contributed by atoms with Crippen LogP contribution in [0.15, 0.2) is 108 Å². The topological polar surface area (TPSA) is 123 Å². The average molecular weight is 604 g/mol. The summed E-state index contributed by atoms with van der Waals surface area (Å²) in [5.41, 5.74) is 5.13. The number of nitrogens with zero attached hydrogens (tertiary/aromatic N) is 1. The number of para-hydroxylation sites is 2. The Bertz CT molecular complexity index is 1770. The highest BCUT2D eigenvalue weighted by Gasteiger charge is 2.21. The molecule has 0 atom stereocenters. The van der Waals surface area contributed by atoms with Crippen molar-refractivity contribution in [1.29, 1.82) is 0 Å². The highest BCUT2D eigenvalue weighted by molar-refractivity contribution is 5.98. The van der Waals surface area contributed by atoms with Gasteiger partial charge in [-0.05, 0) is 67.6 Å². The van der Waals surface area contributed by atoms with Gasteiger partial charge < -0.3 is 14.8 Å². The van der Waals surface area contributed by atoms with Crippen LogP contribution in [0.2, 0.25) is 0 Å². The fraction of sp³-hybridized carbons (Fsp3) is 0.139. The van der Waals surface area contributed by atoms with Crippen LogP contribution in [0.3, 0.4) is 0 Å². The largest absolute Gasteiger partial charge is 0.423 e. The van der Waals surface area contributed by atoms with Crippen LogP contribution >= 0.6 is 0 Å². The standard InChI is InChI=1S/C36H33N3O6/c1-24-10-9-13-27(22-24)34(42)45-30-14-7-5-11-25(30)18-21-32(40)44-31-15-8-6-12-28(31)23-37-39-33(41)26-16-19-29(20-17-26)38-35(43)36(2,3)4/h5-23H,1-4H3,(H,38,43)(H,39,41)/b21-18+,37-23+. The van der Waals surface area contributed by atoms with Crippen LogP contribution in [-0.2, 0) is 9.59 Å². The van der Waals surface area contributed by atoms with Crippen LogP contribution in [0.1, 0.15) is 58.2 Å². The summed E-state index contributed by atoms with van der Waals surface area (Å²) in [6.07, 6.45) is 4.09. The van der Waals surface area contributed by atoms with Crippen LogP contribution in [0, 0.1) is 12.3 Å². The minimum absolute atomic E-state index is 0.136. The van der Waals surface area contributed by atoms with E-state index in [2.05, 4.69) is 15.8 Å². The fourth-order valence-electron chi connectivity index (χ4n) is 3.87. The summed E-state index contributed by atoms with van der Waals surface area (Å²) < 4.78 is 11.1. The van der Waals surface area contributed by atoms with E-state index in [4.69, 9.17) is 9.47 Å². The SMILES string of the molecule is Cc1cccc(C(=O)Oc2ccccc2/C=C/C(=O)Oc2ccccc2/C=N/NC(=O)c2ccc(NC(=O)C(C)(C)C)cc2)c1. The van der Waals surface area contributed by atoms with E-state index in [0.717, 1.165) is 5.56 Å². The second-order valence-electron chi connectivity index (χ2n) is 11.1. The molecule has 4 aromatic carbocycles. The van der Waals surface area contributed by atoms with Gasteiger partial charge in [-0.1, -0.05) is 68.8 Å². The monoisotopic (exact) mass is 603 g/mol. The number of carbonyl (C=O) groups excluding carboxylic acids is 4. The quantitative estimate of drug-likeness (QED) is 0.0732. The van der Waals surface area contributed by atoms with Gasteiger partial charge in [0.15, 0.2) is 0 Å². The van der Waals surface area contributed by atoms with E-state index in [1.165, 1.54) is 18.4 Å². The second kappa shape index (κ2) is 14.6. The molecule has 9 nitrogen and oxygen atoms in total. The maximum Gasteiger partial charge on any atom is 0.343 e. The van der Waals surface area contributed by atoms with Gasteiger partial charge in [0.25, 0.3) is 5.91 Å².